The molecule has 0 bridgehead atoms. The molecular weight excluding hydrogens is 240 g/mol. The zero-order chi connectivity index (χ0) is 14.4. The van der Waals surface area contributed by atoms with Crippen molar-refractivity contribution in [2.45, 2.75) is 20.3 Å². The molecular formula is C15H22N2O2. The van der Waals surface area contributed by atoms with Gasteiger partial charge in [-0.25, -0.2) is 0 Å². The molecule has 1 aromatic carbocycles. The Morgan fingerprint density at radius 2 is 1.47 bits per heavy atom. The molecule has 0 radical (unpaired) electrons. The van der Waals surface area contributed by atoms with Gasteiger partial charge in [-0.2, -0.15) is 0 Å². The first-order chi connectivity index (χ1) is 9.11. The molecule has 0 spiro atoms. The molecule has 2 rings (SSSR count). The van der Waals surface area contributed by atoms with Crippen LogP contribution in [0, 0.1) is 0 Å². The maximum atomic E-state index is 12.0. The van der Waals surface area contributed by atoms with Gasteiger partial charge >= 0.3 is 0 Å². The Bertz CT molecular complexity index is 420. The molecule has 0 saturated heterocycles. The molecule has 19 heavy (non-hydrogen) atoms. The third kappa shape index (κ3) is 3.41. The molecule has 0 aromatic heterocycles. The fraction of sp³-hybridized carbons (Fsp3) is 0.467. The van der Waals surface area contributed by atoms with Gasteiger partial charge in [-0.05, 0) is 39.2 Å². The summed E-state index contributed by atoms with van der Waals surface area (Å²) >= 11 is 0. The van der Waals surface area contributed by atoms with Crippen molar-refractivity contribution in [2.24, 2.45) is 0 Å². The van der Waals surface area contributed by atoms with Crippen LogP contribution < -0.4 is 0 Å². The monoisotopic (exact) mass is 262 g/mol. The molecule has 104 valence electrons. The Balaban J connectivity index is 0.000000861. The van der Waals surface area contributed by atoms with E-state index >= 15 is 0 Å². The zero-order valence-electron chi connectivity index (χ0n) is 12.1. The third-order valence-corrected chi connectivity index (χ3v) is 2.87. The SMILES string of the molecule is CC.CN(C)CCCN1C(=O)c2ccccc2C1=O. The Morgan fingerprint density at radius 3 is 1.89 bits per heavy atom. The molecule has 2 amide bonds. The average Bonchev–Trinajstić information content (AvgIpc) is 2.66. The highest BCUT2D eigenvalue weighted by atomic mass is 16.2. The number of nitrogens with zero attached hydrogens (tertiary/aromatic N) is 2. The molecule has 0 N–H and O–H groups in total. The Kier molecular flexibility index (Phi) is 5.70. The van der Waals surface area contributed by atoms with Crippen LogP contribution in [-0.4, -0.2) is 48.8 Å². The summed E-state index contributed by atoms with van der Waals surface area (Å²) < 4.78 is 0. The van der Waals surface area contributed by atoms with Gasteiger partial charge in [-0.15, -0.1) is 0 Å². The molecule has 0 aliphatic carbocycles. The molecule has 0 atom stereocenters. The summed E-state index contributed by atoms with van der Waals surface area (Å²) in [6.07, 6.45) is 0.804. The van der Waals surface area contributed by atoms with Crippen LogP contribution in [0.15, 0.2) is 24.3 Å². The Hall–Kier alpha value is -1.68. The summed E-state index contributed by atoms with van der Waals surface area (Å²) in [5.41, 5.74) is 1.06. The fourth-order valence-electron chi connectivity index (χ4n) is 1.99. The average molecular weight is 262 g/mol. The van der Waals surface area contributed by atoms with E-state index in [9.17, 15) is 9.59 Å². The molecule has 0 unspecified atom stereocenters. The minimum Gasteiger partial charge on any atom is -0.309 e. The van der Waals surface area contributed by atoms with Crippen LogP contribution >= 0.6 is 0 Å². The highest BCUT2D eigenvalue weighted by molar-refractivity contribution is 6.21. The first-order valence-electron chi connectivity index (χ1n) is 6.71. The predicted octanol–water partition coefficient (Wildman–Crippen LogP) is 2.26. The van der Waals surface area contributed by atoms with Crippen molar-refractivity contribution < 1.29 is 9.59 Å². The van der Waals surface area contributed by atoms with E-state index in [0.717, 1.165) is 13.0 Å². The van der Waals surface area contributed by atoms with Gasteiger partial charge in [0.1, 0.15) is 0 Å². The van der Waals surface area contributed by atoms with Gasteiger partial charge in [0.05, 0.1) is 11.1 Å². The molecule has 1 aromatic rings. The second kappa shape index (κ2) is 7.04. The van der Waals surface area contributed by atoms with Gasteiger partial charge < -0.3 is 4.90 Å². The number of benzene rings is 1. The van der Waals surface area contributed by atoms with Crippen LogP contribution in [0.1, 0.15) is 41.0 Å². The van der Waals surface area contributed by atoms with Crippen molar-refractivity contribution in [1.29, 1.82) is 0 Å². The second-order valence-electron chi connectivity index (χ2n) is 4.46. The van der Waals surface area contributed by atoms with Crippen molar-refractivity contribution in [1.82, 2.24) is 9.80 Å². The Morgan fingerprint density at radius 1 is 1.00 bits per heavy atom. The van der Waals surface area contributed by atoms with Crippen molar-refractivity contribution in [3.8, 4) is 0 Å². The molecule has 4 nitrogen and oxygen atoms in total. The summed E-state index contributed by atoms with van der Waals surface area (Å²) in [4.78, 5) is 27.3. The first kappa shape index (κ1) is 15.4. The fourth-order valence-corrected chi connectivity index (χ4v) is 1.99. The first-order valence-corrected chi connectivity index (χ1v) is 6.71. The number of fused-ring (bicyclic) bond motifs is 1. The lowest BCUT2D eigenvalue weighted by Gasteiger charge is -2.15. The number of carbonyl (C=O) groups excluding carboxylic acids is 2. The summed E-state index contributed by atoms with van der Waals surface area (Å²) in [6, 6.07) is 6.99. The van der Waals surface area contributed by atoms with Crippen molar-refractivity contribution >= 4 is 11.8 Å². The lowest BCUT2D eigenvalue weighted by atomic mass is 10.1. The van der Waals surface area contributed by atoms with Gasteiger partial charge in [0, 0.05) is 6.54 Å². The predicted molar refractivity (Wildman–Crippen MR) is 76.3 cm³/mol. The number of hydrogen-bond acceptors (Lipinski definition) is 3. The van der Waals surface area contributed by atoms with Gasteiger partial charge in [0.25, 0.3) is 11.8 Å². The largest absolute Gasteiger partial charge is 0.309 e. The van der Waals surface area contributed by atoms with Crippen LogP contribution in [0.4, 0.5) is 0 Å². The van der Waals surface area contributed by atoms with Gasteiger partial charge in [0.15, 0.2) is 0 Å². The minimum absolute atomic E-state index is 0.163. The highest BCUT2D eigenvalue weighted by Gasteiger charge is 2.34. The maximum absolute atomic E-state index is 12.0. The third-order valence-electron chi connectivity index (χ3n) is 2.87. The lowest BCUT2D eigenvalue weighted by Crippen LogP contribution is -2.32. The lowest BCUT2D eigenvalue weighted by molar-refractivity contribution is 0.0649. The number of carbonyl (C=O) groups is 2. The Labute approximate surface area is 115 Å². The quantitative estimate of drug-likeness (QED) is 0.781. The highest BCUT2D eigenvalue weighted by Crippen LogP contribution is 2.22. The van der Waals surface area contributed by atoms with E-state index in [1.54, 1.807) is 24.3 Å². The zero-order valence-corrected chi connectivity index (χ0v) is 12.1. The summed E-state index contributed by atoms with van der Waals surface area (Å²) in [5.74, 6) is -0.325. The molecule has 4 heteroatoms. The van der Waals surface area contributed by atoms with Crippen LogP contribution in [0.5, 0.6) is 0 Å². The van der Waals surface area contributed by atoms with E-state index in [4.69, 9.17) is 0 Å². The molecule has 0 saturated carbocycles. The van der Waals surface area contributed by atoms with E-state index in [1.807, 2.05) is 32.8 Å². The van der Waals surface area contributed by atoms with Crippen molar-refractivity contribution in [2.75, 3.05) is 27.2 Å². The minimum atomic E-state index is -0.163. The summed E-state index contributed by atoms with van der Waals surface area (Å²) in [6.45, 7) is 5.36. The normalized spacial score (nSPS) is 13.4. The topological polar surface area (TPSA) is 40.6 Å². The smallest absolute Gasteiger partial charge is 0.261 e. The van der Waals surface area contributed by atoms with Crippen LogP contribution in [0.2, 0.25) is 0 Å². The van der Waals surface area contributed by atoms with E-state index in [2.05, 4.69) is 0 Å². The van der Waals surface area contributed by atoms with E-state index < -0.39 is 0 Å². The number of hydrogen-bond donors (Lipinski definition) is 0. The van der Waals surface area contributed by atoms with Crippen molar-refractivity contribution in [3.05, 3.63) is 35.4 Å². The van der Waals surface area contributed by atoms with Crippen molar-refractivity contribution in [3.63, 3.8) is 0 Å². The number of amides is 2. The van der Waals surface area contributed by atoms with Crippen LogP contribution in [0.25, 0.3) is 0 Å². The van der Waals surface area contributed by atoms with Gasteiger partial charge in [-0.1, -0.05) is 26.0 Å². The van der Waals surface area contributed by atoms with E-state index in [0.29, 0.717) is 17.7 Å². The standard InChI is InChI=1S/C13H16N2O2.C2H6/c1-14(2)8-5-9-15-12(16)10-6-3-4-7-11(10)13(15)17;1-2/h3-4,6-7H,5,8-9H2,1-2H3;1-2H3. The molecule has 1 aliphatic heterocycles. The summed E-state index contributed by atoms with van der Waals surface area (Å²) in [7, 11) is 3.95. The van der Waals surface area contributed by atoms with Crippen LogP contribution in [0.3, 0.4) is 0 Å². The number of rotatable bonds is 4. The summed E-state index contributed by atoms with van der Waals surface area (Å²) in [5, 5.41) is 0. The molecule has 0 fully saturated rings. The molecule has 1 heterocycles. The molecule has 1 aliphatic rings. The number of imide groups is 1. The maximum Gasteiger partial charge on any atom is 0.261 e. The van der Waals surface area contributed by atoms with Gasteiger partial charge in [0.2, 0.25) is 0 Å². The van der Waals surface area contributed by atoms with E-state index in [-0.39, 0.29) is 11.8 Å². The van der Waals surface area contributed by atoms with E-state index in [1.165, 1.54) is 4.90 Å². The second-order valence-corrected chi connectivity index (χ2v) is 4.46. The van der Waals surface area contributed by atoms with Crippen LogP contribution in [-0.2, 0) is 0 Å². The van der Waals surface area contributed by atoms with Gasteiger partial charge in [-0.3, -0.25) is 14.5 Å².